The zero-order valence-electron chi connectivity index (χ0n) is 10.7. The first kappa shape index (κ1) is 13.7. The Labute approximate surface area is 118 Å². The fourth-order valence-electron chi connectivity index (χ4n) is 2.33. The molecule has 3 heterocycles. The van der Waals surface area contributed by atoms with Gasteiger partial charge in [-0.3, -0.25) is 4.57 Å². The van der Waals surface area contributed by atoms with Crippen LogP contribution in [0.15, 0.2) is 12.5 Å². The Morgan fingerprint density at radius 2 is 2.33 bits per heavy atom. The minimum atomic E-state index is -2.53. The molecule has 0 bridgehead atoms. The van der Waals surface area contributed by atoms with Crippen molar-refractivity contribution < 1.29 is 19.3 Å². The number of rotatable bonds is 2. The fraction of sp³-hybridized carbons (Fsp3) is 0.417. The van der Waals surface area contributed by atoms with Crippen molar-refractivity contribution in [3.8, 4) is 12.3 Å². The molecule has 0 aromatic carbocycles. The molecule has 0 radical (unpaired) electrons. The van der Waals surface area contributed by atoms with E-state index in [1.54, 1.807) is 0 Å². The maximum atomic E-state index is 14.9. The maximum Gasteiger partial charge on any atom is 0.243 e. The predicted molar refractivity (Wildman–Crippen MR) is 69.4 cm³/mol. The van der Waals surface area contributed by atoms with E-state index in [-0.39, 0.29) is 11.6 Å². The molecule has 9 heteroatoms. The standard InChI is InChI=1S/C12H12FN5O3/c1-2-12(13)8(20)7(4-19)21-10(12)18-5-16-6-3-15-11(14)17-9(6)18/h1,3,5,7-8,10,19-20H,4H2,(H2,14,15,17)/t7-,8?,10-,12?/m1/s1. The number of imidazole rings is 1. The van der Waals surface area contributed by atoms with Crippen LogP contribution in [0.25, 0.3) is 11.2 Å². The van der Waals surface area contributed by atoms with Crippen molar-refractivity contribution in [2.75, 3.05) is 12.3 Å². The second-order valence-corrected chi connectivity index (χ2v) is 4.66. The Kier molecular flexibility index (Phi) is 3.02. The van der Waals surface area contributed by atoms with Gasteiger partial charge in [-0.25, -0.2) is 14.4 Å². The number of hydrogen-bond donors (Lipinski definition) is 3. The summed E-state index contributed by atoms with van der Waals surface area (Å²) in [4.78, 5) is 11.7. The minimum Gasteiger partial charge on any atom is -0.394 e. The molecule has 8 nitrogen and oxygen atoms in total. The number of nitrogen functional groups attached to an aromatic ring is 1. The number of ether oxygens (including phenoxy) is 1. The molecule has 4 atom stereocenters. The van der Waals surface area contributed by atoms with E-state index in [4.69, 9.17) is 22.0 Å². The van der Waals surface area contributed by atoms with Crippen LogP contribution in [0, 0.1) is 12.3 Å². The van der Waals surface area contributed by atoms with Crippen LogP contribution in [0.1, 0.15) is 6.23 Å². The van der Waals surface area contributed by atoms with E-state index in [1.807, 2.05) is 5.92 Å². The summed E-state index contributed by atoms with van der Waals surface area (Å²) in [5.74, 6) is 1.87. The third-order valence-corrected chi connectivity index (χ3v) is 3.43. The summed E-state index contributed by atoms with van der Waals surface area (Å²) in [5, 5.41) is 19.1. The lowest BCUT2D eigenvalue weighted by atomic mass is 9.97. The molecule has 0 spiro atoms. The van der Waals surface area contributed by atoms with Gasteiger partial charge < -0.3 is 20.7 Å². The number of alkyl halides is 1. The van der Waals surface area contributed by atoms with Crippen LogP contribution in [0.3, 0.4) is 0 Å². The molecule has 1 saturated heterocycles. The van der Waals surface area contributed by atoms with E-state index < -0.39 is 30.7 Å². The highest BCUT2D eigenvalue weighted by molar-refractivity contribution is 5.70. The summed E-state index contributed by atoms with van der Waals surface area (Å²) < 4.78 is 21.4. The fourth-order valence-corrected chi connectivity index (χ4v) is 2.33. The van der Waals surface area contributed by atoms with Gasteiger partial charge >= 0.3 is 0 Å². The zero-order valence-corrected chi connectivity index (χ0v) is 10.7. The van der Waals surface area contributed by atoms with Gasteiger partial charge in [0.2, 0.25) is 11.6 Å². The lowest BCUT2D eigenvalue weighted by molar-refractivity contribution is -0.0504. The molecule has 0 amide bonds. The van der Waals surface area contributed by atoms with Crippen molar-refractivity contribution in [3.05, 3.63) is 12.5 Å². The van der Waals surface area contributed by atoms with Gasteiger partial charge in [0.05, 0.1) is 19.1 Å². The lowest BCUT2D eigenvalue weighted by Gasteiger charge is -2.23. The highest BCUT2D eigenvalue weighted by Gasteiger charge is 2.57. The van der Waals surface area contributed by atoms with Crippen molar-refractivity contribution in [1.82, 2.24) is 19.5 Å². The van der Waals surface area contributed by atoms with E-state index >= 15 is 0 Å². The number of aromatic nitrogens is 4. The zero-order chi connectivity index (χ0) is 15.2. The number of halogens is 1. The molecule has 2 aromatic heterocycles. The smallest absolute Gasteiger partial charge is 0.243 e. The van der Waals surface area contributed by atoms with Crippen molar-refractivity contribution in [3.63, 3.8) is 0 Å². The quantitative estimate of drug-likeness (QED) is 0.607. The van der Waals surface area contributed by atoms with Gasteiger partial charge in [0.1, 0.15) is 17.7 Å². The van der Waals surface area contributed by atoms with Crippen molar-refractivity contribution in [1.29, 1.82) is 0 Å². The molecule has 4 N–H and O–H groups in total. The summed E-state index contributed by atoms with van der Waals surface area (Å²) in [7, 11) is 0. The Balaban J connectivity index is 2.13. The van der Waals surface area contributed by atoms with Crippen LogP contribution in [0.2, 0.25) is 0 Å². The molecular formula is C12H12FN5O3. The Hall–Kier alpha value is -2.28. The number of aliphatic hydroxyl groups is 2. The van der Waals surface area contributed by atoms with Gasteiger partial charge in [0, 0.05) is 0 Å². The topological polar surface area (TPSA) is 119 Å². The Morgan fingerprint density at radius 3 is 3.00 bits per heavy atom. The molecule has 1 aliphatic heterocycles. The summed E-state index contributed by atoms with van der Waals surface area (Å²) in [5.41, 5.74) is 3.56. The highest BCUT2D eigenvalue weighted by Crippen LogP contribution is 2.42. The summed E-state index contributed by atoms with van der Waals surface area (Å²) in [6.07, 6.45) is 3.65. The van der Waals surface area contributed by atoms with Crippen LogP contribution in [-0.4, -0.2) is 54.2 Å². The van der Waals surface area contributed by atoms with E-state index in [1.165, 1.54) is 17.1 Å². The second kappa shape index (κ2) is 4.63. The number of anilines is 1. The molecule has 1 fully saturated rings. The predicted octanol–water partition coefficient (Wildman–Crippen LogP) is -0.999. The molecular weight excluding hydrogens is 281 g/mol. The molecule has 21 heavy (non-hydrogen) atoms. The number of fused-ring (bicyclic) bond motifs is 1. The van der Waals surface area contributed by atoms with Crippen LogP contribution < -0.4 is 5.73 Å². The third kappa shape index (κ3) is 1.84. The first-order valence-corrected chi connectivity index (χ1v) is 6.07. The number of aliphatic hydroxyl groups excluding tert-OH is 2. The van der Waals surface area contributed by atoms with E-state index in [0.717, 1.165) is 0 Å². The lowest BCUT2D eigenvalue weighted by Crippen LogP contribution is -2.42. The Morgan fingerprint density at radius 1 is 1.57 bits per heavy atom. The first-order chi connectivity index (χ1) is 10.0. The van der Waals surface area contributed by atoms with Gasteiger partial charge in [-0.1, -0.05) is 5.92 Å². The summed E-state index contributed by atoms with van der Waals surface area (Å²) in [6.45, 7) is -0.575. The highest BCUT2D eigenvalue weighted by atomic mass is 19.1. The minimum absolute atomic E-state index is 0.0216. The molecule has 0 aliphatic carbocycles. The molecule has 1 aliphatic rings. The number of nitrogens with zero attached hydrogens (tertiary/aromatic N) is 4. The number of nitrogens with two attached hydrogens (primary N) is 1. The van der Waals surface area contributed by atoms with E-state index in [0.29, 0.717) is 5.52 Å². The first-order valence-electron chi connectivity index (χ1n) is 6.07. The molecule has 3 rings (SSSR count). The Bertz CT molecular complexity index is 729. The normalized spacial score (nSPS) is 32.4. The van der Waals surface area contributed by atoms with Crippen LogP contribution in [0.5, 0.6) is 0 Å². The van der Waals surface area contributed by atoms with Crippen molar-refractivity contribution >= 4 is 17.1 Å². The van der Waals surface area contributed by atoms with E-state index in [9.17, 15) is 9.50 Å². The molecule has 0 saturated carbocycles. The summed E-state index contributed by atoms with van der Waals surface area (Å²) in [6, 6.07) is 0. The average Bonchev–Trinajstić information content (AvgIpc) is 2.99. The largest absolute Gasteiger partial charge is 0.394 e. The summed E-state index contributed by atoms with van der Waals surface area (Å²) >= 11 is 0. The number of terminal acetylenes is 1. The van der Waals surface area contributed by atoms with Crippen molar-refractivity contribution in [2.45, 2.75) is 24.1 Å². The number of hydrogen-bond acceptors (Lipinski definition) is 7. The second-order valence-electron chi connectivity index (χ2n) is 4.66. The average molecular weight is 293 g/mol. The molecule has 2 aromatic rings. The van der Waals surface area contributed by atoms with Gasteiger partial charge in [0.15, 0.2) is 11.9 Å². The SMILES string of the molecule is C#CC1(F)C(O)[C@@H](CO)O[C@H]1n1cnc2cnc(N)nc21. The van der Waals surface area contributed by atoms with Gasteiger partial charge in [-0.2, -0.15) is 4.98 Å². The van der Waals surface area contributed by atoms with Crippen LogP contribution in [0.4, 0.5) is 10.3 Å². The molecule has 110 valence electrons. The molecule has 2 unspecified atom stereocenters. The maximum absolute atomic E-state index is 14.9. The van der Waals surface area contributed by atoms with Gasteiger partial charge in [-0.15, -0.1) is 6.42 Å². The monoisotopic (exact) mass is 293 g/mol. The van der Waals surface area contributed by atoms with Gasteiger partial charge in [0.25, 0.3) is 0 Å². The van der Waals surface area contributed by atoms with Gasteiger partial charge in [-0.05, 0) is 0 Å². The van der Waals surface area contributed by atoms with E-state index in [2.05, 4.69) is 15.0 Å². The van der Waals surface area contributed by atoms with Crippen molar-refractivity contribution in [2.24, 2.45) is 0 Å². The van der Waals surface area contributed by atoms with Crippen LogP contribution in [-0.2, 0) is 4.74 Å². The van der Waals surface area contributed by atoms with Crippen LogP contribution >= 0.6 is 0 Å². The third-order valence-electron chi connectivity index (χ3n) is 3.43.